The molecule has 11 nitrogen and oxygen atoms in total. The van der Waals surface area contributed by atoms with Crippen LogP contribution >= 0.6 is 11.6 Å². The zero-order valence-corrected chi connectivity index (χ0v) is 30.7. The molecule has 0 bridgehead atoms. The third-order valence-electron chi connectivity index (χ3n) is 9.65. The van der Waals surface area contributed by atoms with Crippen molar-refractivity contribution in [3.05, 3.63) is 111 Å². The van der Waals surface area contributed by atoms with Crippen molar-refractivity contribution < 1.29 is 22.7 Å². The molecule has 2 aliphatic rings. The summed E-state index contributed by atoms with van der Waals surface area (Å²) in [4.78, 5) is 41.8. The van der Waals surface area contributed by atoms with Gasteiger partial charge in [-0.15, -0.1) is 0 Å². The second-order valence-electron chi connectivity index (χ2n) is 13.2. The van der Waals surface area contributed by atoms with Crippen molar-refractivity contribution >= 4 is 39.4 Å². The van der Waals surface area contributed by atoms with Crippen LogP contribution < -0.4 is 14.4 Å². The Labute approximate surface area is 304 Å². The number of carbonyl (C=O) groups is 2. The fourth-order valence-electron chi connectivity index (χ4n) is 6.58. The predicted octanol–water partition coefficient (Wildman–Crippen LogP) is 5.15. The van der Waals surface area contributed by atoms with Crippen LogP contribution in [0.5, 0.6) is 5.75 Å². The number of anilines is 1. The van der Waals surface area contributed by atoms with E-state index in [1.807, 2.05) is 62.5 Å². The normalized spacial score (nSPS) is 16.7. The first-order valence-corrected chi connectivity index (χ1v) is 19.0. The van der Waals surface area contributed by atoms with Crippen molar-refractivity contribution in [1.29, 1.82) is 0 Å². The van der Waals surface area contributed by atoms with E-state index in [2.05, 4.69) is 19.5 Å². The van der Waals surface area contributed by atoms with E-state index in [1.54, 1.807) is 11.8 Å². The molecule has 3 heterocycles. The monoisotopic (exact) mass is 730 g/mol. The van der Waals surface area contributed by atoms with E-state index in [0.717, 1.165) is 49.2 Å². The Hall–Kier alpha value is -4.52. The lowest BCUT2D eigenvalue weighted by molar-refractivity contribution is -0.134. The minimum absolute atomic E-state index is 0.0478. The number of halogens is 1. The molecule has 0 spiro atoms. The number of piperazine rings is 1. The Morgan fingerprint density at radius 2 is 1.69 bits per heavy atom. The van der Waals surface area contributed by atoms with Gasteiger partial charge in [-0.3, -0.25) is 9.59 Å². The number of amides is 2. The maximum atomic E-state index is 13.7. The Kier molecular flexibility index (Phi) is 11.2. The molecule has 2 fully saturated rings. The summed E-state index contributed by atoms with van der Waals surface area (Å²) >= 11 is 6.15. The number of hydrogen-bond acceptors (Lipinski definition) is 9. The van der Waals surface area contributed by atoms with E-state index in [9.17, 15) is 18.0 Å². The highest BCUT2D eigenvalue weighted by Crippen LogP contribution is 2.35. The van der Waals surface area contributed by atoms with Crippen molar-refractivity contribution in [3.63, 3.8) is 0 Å². The zero-order chi connectivity index (χ0) is 36.1. The average Bonchev–Trinajstić information content (AvgIpc) is 3.61. The molecule has 0 radical (unpaired) electrons. The number of nitrogens with one attached hydrogen (secondary N) is 1. The number of aromatic nitrogens is 2. The van der Waals surface area contributed by atoms with E-state index in [0.29, 0.717) is 53.9 Å². The molecule has 1 atom stereocenters. The van der Waals surface area contributed by atoms with Gasteiger partial charge in [0.2, 0.25) is 5.95 Å². The average molecular weight is 731 g/mol. The van der Waals surface area contributed by atoms with E-state index in [1.165, 1.54) is 24.4 Å². The van der Waals surface area contributed by atoms with Gasteiger partial charge in [-0.05, 0) is 99.2 Å². The topological polar surface area (TPSA) is 125 Å². The minimum Gasteiger partial charge on any atom is -0.483 e. The van der Waals surface area contributed by atoms with Crippen molar-refractivity contribution in [2.75, 3.05) is 51.3 Å². The lowest BCUT2D eigenvalue weighted by atomic mass is 10.0. The fraction of sp³-hybridized carbons (Fsp3) is 0.368. The van der Waals surface area contributed by atoms with Gasteiger partial charge in [0.1, 0.15) is 5.75 Å². The first-order valence-electron chi connectivity index (χ1n) is 17.2. The van der Waals surface area contributed by atoms with Crippen molar-refractivity contribution in [2.24, 2.45) is 0 Å². The summed E-state index contributed by atoms with van der Waals surface area (Å²) in [7, 11) is -2.26. The number of aryl methyl sites for hydroxylation is 4. The molecule has 51 heavy (non-hydrogen) atoms. The molecule has 268 valence electrons. The number of rotatable bonds is 11. The summed E-state index contributed by atoms with van der Waals surface area (Å²) in [6.07, 6.45) is 4.30. The largest absolute Gasteiger partial charge is 0.483 e. The Morgan fingerprint density at radius 1 is 0.941 bits per heavy atom. The van der Waals surface area contributed by atoms with Crippen LogP contribution in [0.1, 0.15) is 57.2 Å². The molecule has 0 unspecified atom stereocenters. The first kappa shape index (κ1) is 36.3. The minimum atomic E-state index is -4.28. The molecule has 13 heteroatoms. The van der Waals surface area contributed by atoms with Crippen molar-refractivity contribution in [3.8, 4) is 5.75 Å². The lowest BCUT2D eigenvalue weighted by Crippen LogP contribution is -2.48. The van der Waals surface area contributed by atoms with E-state index in [4.69, 9.17) is 21.3 Å². The van der Waals surface area contributed by atoms with Gasteiger partial charge in [0.05, 0.1) is 22.2 Å². The van der Waals surface area contributed by atoms with Crippen molar-refractivity contribution in [1.82, 2.24) is 24.5 Å². The molecule has 2 amide bonds. The number of likely N-dealkylation sites (N-methyl/N-ethyl adjacent to an activating group) is 1. The Balaban J connectivity index is 1.20. The number of sulfonamides is 1. The van der Waals surface area contributed by atoms with Gasteiger partial charge in [0, 0.05) is 43.9 Å². The summed E-state index contributed by atoms with van der Waals surface area (Å²) in [5.41, 5.74) is 4.40. The van der Waals surface area contributed by atoms with E-state index >= 15 is 0 Å². The number of ether oxygens (including phenoxy) is 1. The van der Waals surface area contributed by atoms with Crippen molar-refractivity contribution in [2.45, 2.75) is 50.5 Å². The SMILES string of the molecule is Cc1ccccc1CCc1nc(N2CCC[C@H]2c2ccc(Cl)cc2)ncc1C(=O)NS(=O)(=O)c1ccc(OCC(=O)N2CCN(C)CC2)c(C)c1. The van der Waals surface area contributed by atoms with Gasteiger partial charge in [-0.25, -0.2) is 23.1 Å². The second-order valence-corrected chi connectivity index (χ2v) is 15.3. The standard InChI is InChI=1S/C38H43ClN6O5S/c1-26-7-4-5-8-28(26)12-16-33-32(24-40-38(41-33)45-18-6-9-34(45)29-10-13-30(39)14-11-29)37(47)42-51(48,49)31-15-17-35(27(2)23-31)50-25-36(46)44-21-19-43(3)20-22-44/h4-5,7-8,10-11,13-15,17,23-24,34H,6,9,12,16,18-22,25H2,1-3H3,(H,42,47)/t34-/m0/s1. The van der Waals surface area contributed by atoms with E-state index < -0.39 is 15.9 Å². The molecule has 2 aliphatic heterocycles. The van der Waals surface area contributed by atoms with Gasteiger partial charge in [-0.2, -0.15) is 0 Å². The molecule has 1 N–H and O–H groups in total. The summed E-state index contributed by atoms with van der Waals surface area (Å²) in [5.74, 6) is -0.0519. The maximum absolute atomic E-state index is 13.7. The fourth-order valence-corrected chi connectivity index (χ4v) is 7.76. The molecular weight excluding hydrogens is 688 g/mol. The molecule has 1 aromatic heterocycles. The molecule has 4 aromatic rings. The van der Waals surface area contributed by atoms with Gasteiger partial charge >= 0.3 is 0 Å². The molecule has 2 saturated heterocycles. The Morgan fingerprint density at radius 3 is 2.41 bits per heavy atom. The predicted molar refractivity (Wildman–Crippen MR) is 197 cm³/mol. The molecular formula is C38H43ClN6O5S. The van der Waals surface area contributed by atoms with Gasteiger partial charge < -0.3 is 19.4 Å². The quantitative estimate of drug-likeness (QED) is 0.223. The number of carbonyl (C=O) groups excluding carboxylic acids is 2. The van der Waals surface area contributed by atoms with Crippen LogP contribution in [0.4, 0.5) is 5.95 Å². The lowest BCUT2D eigenvalue weighted by Gasteiger charge is -2.32. The Bertz CT molecular complexity index is 2000. The maximum Gasteiger partial charge on any atom is 0.268 e. The first-order chi connectivity index (χ1) is 24.5. The molecule has 0 aliphatic carbocycles. The second kappa shape index (κ2) is 15.8. The highest BCUT2D eigenvalue weighted by Gasteiger charge is 2.30. The van der Waals surface area contributed by atoms with Gasteiger partial charge in [0.25, 0.3) is 21.8 Å². The summed E-state index contributed by atoms with van der Waals surface area (Å²) in [5, 5.41) is 0.663. The van der Waals surface area contributed by atoms with Crippen LogP contribution in [0.3, 0.4) is 0 Å². The summed E-state index contributed by atoms with van der Waals surface area (Å²) in [6, 6.07) is 20.1. The zero-order valence-electron chi connectivity index (χ0n) is 29.1. The third kappa shape index (κ3) is 8.69. The molecule has 6 rings (SSSR count). The molecule has 3 aromatic carbocycles. The highest BCUT2D eigenvalue weighted by atomic mass is 35.5. The van der Waals surface area contributed by atoms with Crippen LogP contribution in [0.25, 0.3) is 0 Å². The van der Waals surface area contributed by atoms with Gasteiger partial charge in [-0.1, -0.05) is 48.0 Å². The van der Waals surface area contributed by atoms with Crippen LogP contribution in [-0.4, -0.2) is 86.4 Å². The number of benzene rings is 3. The smallest absolute Gasteiger partial charge is 0.268 e. The molecule has 0 saturated carbocycles. The third-order valence-corrected chi connectivity index (χ3v) is 11.2. The van der Waals surface area contributed by atoms with Crippen LogP contribution in [0, 0.1) is 13.8 Å². The number of hydrogen-bond donors (Lipinski definition) is 1. The summed E-state index contributed by atoms with van der Waals surface area (Å²) in [6.45, 7) is 7.21. The van der Waals surface area contributed by atoms with Gasteiger partial charge in [0.15, 0.2) is 6.61 Å². The number of nitrogens with zero attached hydrogens (tertiary/aromatic N) is 5. The van der Waals surface area contributed by atoms with Crippen LogP contribution in [-0.2, 0) is 27.7 Å². The summed E-state index contributed by atoms with van der Waals surface area (Å²) < 4.78 is 35.0. The van der Waals surface area contributed by atoms with Crippen LogP contribution in [0.2, 0.25) is 5.02 Å². The highest BCUT2D eigenvalue weighted by molar-refractivity contribution is 7.90. The van der Waals surface area contributed by atoms with E-state index in [-0.39, 0.29) is 29.0 Å². The van der Waals surface area contributed by atoms with Crippen LogP contribution in [0.15, 0.2) is 77.8 Å².